The molecule has 3 nitrogen and oxygen atoms in total. The molecule has 6 heteroatoms. The Morgan fingerprint density at radius 1 is 1.25 bits per heavy atom. The van der Waals surface area contributed by atoms with Crippen LogP contribution in [0.2, 0.25) is 0 Å². The van der Waals surface area contributed by atoms with Gasteiger partial charge in [-0.25, -0.2) is 0 Å². The maximum atomic E-state index is 12.6. The van der Waals surface area contributed by atoms with E-state index in [-0.39, 0.29) is 17.9 Å². The van der Waals surface area contributed by atoms with Crippen LogP contribution in [0.25, 0.3) is 0 Å². The maximum Gasteiger partial charge on any atom is 0.450 e. The van der Waals surface area contributed by atoms with Gasteiger partial charge in [-0.2, -0.15) is 13.2 Å². The van der Waals surface area contributed by atoms with Crippen molar-refractivity contribution in [2.45, 2.75) is 25.4 Å². The Hall–Kier alpha value is -1.98. The summed E-state index contributed by atoms with van der Waals surface area (Å²) in [7, 11) is 0. The number of allylic oxidation sites excluding steroid dienone is 2. The maximum absolute atomic E-state index is 12.6. The van der Waals surface area contributed by atoms with Crippen LogP contribution in [-0.2, 0) is 4.79 Å². The van der Waals surface area contributed by atoms with E-state index in [1.807, 2.05) is 0 Å². The molecule has 108 valence electrons. The number of hydrogen-bond donors (Lipinski definition) is 2. The van der Waals surface area contributed by atoms with Gasteiger partial charge in [-0.05, 0) is 43.5 Å². The van der Waals surface area contributed by atoms with Crippen molar-refractivity contribution in [3.8, 4) is 5.75 Å². The van der Waals surface area contributed by atoms with Crippen molar-refractivity contribution in [3.05, 3.63) is 36.0 Å². The quantitative estimate of drug-likeness (QED) is 0.834. The third kappa shape index (κ3) is 3.31. The van der Waals surface area contributed by atoms with Crippen LogP contribution in [0.3, 0.4) is 0 Å². The molecule has 0 bridgehead atoms. The first-order chi connectivity index (χ1) is 9.38. The first kappa shape index (κ1) is 14.4. The van der Waals surface area contributed by atoms with Crippen molar-refractivity contribution < 1.29 is 23.1 Å². The molecular formula is C14H14F3NO2. The van der Waals surface area contributed by atoms with E-state index in [2.05, 4.69) is 5.32 Å². The van der Waals surface area contributed by atoms with Crippen LogP contribution < -0.4 is 5.32 Å². The molecule has 1 atom stereocenters. The molecule has 0 spiro atoms. The highest BCUT2D eigenvalue weighted by Crippen LogP contribution is 2.33. The summed E-state index contributed by atoms with van der Waals surface area (Å²) >= 11 is 0. The second kappa shape index (κ2) is 5.56. The Labute approximate surface area is 114 Å². The van der Waals surface area contributed by atoms with Gasteiger partial charge in [0.25, 0.3) is 0 Å². The van der Waals surface area contributed by atoms with E-state index < -0.39 is 17.9 Å². The number of halogens is 3. The number of benzene rings is 1. The fourth-order valence-electron chi connectivity index (χ4n) is 2.20. The Morgan fingerprint density at radius 3 is 2.50 bits per heavy atom. The predicted molar refractivity (Wildman–Crippen MR) is 68.2 cm³/mol. The van der Waals surface area contributed by atoms with Crippen molar-refractivity contribution in [2.75, 3.05) is 5.32 Å². The van der Waals surface area contributed by atoms with Crippen molar-refractivity contribution >= 4 is 11.5 Å². The van der Waals surface area contributed by atoms with Gasteiger partial charge in [0.15, 0.2) is 0 Å². The minimum Gasteiger partial charge on any atom is -0.508 e. The van der Waals surface area contributed by atoms with Gasteiger partial charge in [-0.1, -0.05) is 6.08 Å². The van der Waals surface area contributed by atoms with Gasteiger partial charge in [0.2, 0.25) is 5.78 Å². The number of Topliss-reactive ketones (excluding diaryl/α,β-unsaturated/α-hetero) is 1. The summed E-state index contributed by atoms with van der Waals surface area (Å²) in [4.78, 5) is 11.4. The van der Waals surface area contributed by atoms with Crippen molar-refractivity contribution in [1.82, 2.24) is 0 Å². The smallest absolute Gasteiger partial charge is 0.450 e. The molecule has 0 fully saturated rings. The molecule has 0 aromatic heterocycles. The van der Waals surface area contributed by atoms with Gasteiger partial charge in [0, 0.05) is 11.4 Å². The summed E-state index contributed by atoms with van der Waals surface area (Å²) in [6.07, 6.45) is -1.80. The van der Waals surface area contributed by atoms with Crippen LogP contribution in [0.5, 0.6) is 5.75 Å². The number of ketones is 1. The van der Waals surface area contributed by atoms with Crippen molar-refractivity contribution in [1.29, 1.82) is 0 Å². The summed E-state index contributed by atoms with van der Waals surface area (Å²) < 4.78 is 37.7. The SMILES string of the molecule is O=C([C@H]1CCCC=C1Nc1ccc(O)cc1)C(F)(F)F. The molecule has 0 saturated carbocycles. The molecule has 0 aliphatic heterocycles. The number of nitrogens with one attached hydrogen (secondary N) is 1. The molecule has 1 aliphatic carbocycles. The number of carbonyl (C=O) groups is 1. The number of rotatable bonds is 3. The molecule has 0 radical (unpaired) electrons. The van der Waals surface area contributed by atoms with E-state index >= 15 is 0 Å². The normalized spacial score (nSPS) is 19.4. The molecule has 0 unspecified atom stereocenters. The third-order valence-corrected chi connectivity index (χ3v) is 3.19. The molecule has 2 rings (SSSR count). The summed E-state index contributed by atoms with van der Waals surface area (Å²) in [6, 6.07) is 5.93. The fourth-order valence-corrected chi connectivity index (χ4v) is 2.20. The minimum atomic E-state index is -4.82. The molecule has 0 heterocycles. The Kier molecular flexibility index (Phi) is 4.01. The zero-order chi connectivity index (χ0) is 14.8. The van der Waals surface area contributed by atoms with E-state index in [4.69, 9.17) is 5.11 Å². The first-order valence-corrected chi connectivity index (χ1v) is 6.25. The van der Waals surface area contributed by atoms with Crippen LogP contribution in [0.1, 0.15) is 19.3 Å². The Balaban J connectivity index is 2.17. The summed E-state index contributed by atoms with van der Waals surface area (Å²) in [5, 5.41) is 12.0. The number of carbonyl (C=O) groups excluding carboxylic acids is 1. The first-order valence-electron chi connectivity index (χ1n) is 6.25. The topological polar surface area (TPSA) is 49.3 Å². The highest BCUT2D eigenvalue weighted by atomic mass is 19.4. The summed E-state index contributed by atoms with van der Waals surface area (Å²) in [5.41, 5.74) is 0.820. The lowest BCUT2D eigenvalue weighted by molar-refractivity contribution is -0.174. The molecule has 20 heavy (non-hydrogen) atoms. The van der Waals surface area contributed by atoms with Gasteiger partial charge in [0.05, 0.1) is 5.92 Å². The number of phenols is 1. The second-order valence-electron chi connectivity index (χ2n) is 4.68. The van der Waals surface area contributed by atoms with Crippen molar-refractivity contribution in [3.63, 3.8) is 0 Å². The van der Waals surface area contributed by atoms with Gasteiger partial charge in [-0.3, -0.25) is 4.79 Å². The summed E-state index contributed by atoms with van der Waals surface area (Å²) in [5.74, 6) is -2.82. The van der Waals surface area contributed by atoms with Crippen LogP contribution >= 0.6 is 0 Å². The lowest BCUT2D eigenvalue weighted by Gasteiger charge is -2.25. The van der Waals surface area contributed by atoms with E-state index in [0.717, 1.165) is 0 Å². The van der Waals surface area contributed by atoms with E-state index in [9.17, 15) is 18.0 Å². The van der Waals surface area contributed by atoms with Gasteiger partial charge in [-0.15, -0.1) is 0 Å². The lowest BCUT2D eigenvalue weighted by atomic mass is 9.88. The average molecular weight is 285 g/mol. The van der Waals surface area contributed by atoms with Crippen LogP contribution in [-0.4, -0.2) is 17.1 Å². The van der Waals surface area contributed by atoms with Crippen LogP contribution in [0, 0.1) is 5.92 Å². The van der Waals surface area contributed by atoms with Gasteiger partial charge in [0.1, 0.15) is 5.75 Å². The average Bonchev–Trinajstić information content (AvgIpc) is 2.40. The Morgan fingerprint density at radius 2 is 1.90 bits per heavy atom. The molecule has 1 aliphatic rings. The monoisotopic (exact) mass is 285 g/mol. The lowest BCUT2D eigenvalue weighted by Crippen LogP contribution is -2.34. The molecule has 2 N–H and O–H groups in total. The number of hydrogen-bond acceptors (Lipinski definition) is 3. The molecule has 1 aromatic rings. The van der Waals surface area contributed by atoms with Crippen LogP contribution in [0.15, 0.2) is 36.0 Å². The number of anilines is 1. The fraction of sp³-hybridized carbons (Fsp3) is 0.357. The minimum absolute atomic E-state index is 0.0658. The molecule has 0 saturated heterocycles. The van der Waals surface area contributed by atoms with E-state index in [1.165, 1.54) is 12.1 Å². The highest BCUT2D eigenvalue weighted by molar-refractivity contribution is 5.89. The predicted octanol–water partition coefficient (Wildman–Crippen LogP) is 3.62. The largest absolute Gasteiger partial charge is 0.508 e. The molecule has 0 amide bonds. The Bertz CT molecular complexity index is 520. The third-order valence-electron chi connectivity index (χ3n) is 3.19. The molecule has 1 aromatic carbocycles. The van der Waals surface area contributed by atoms with Crippen LogP contribution in [0.4, 0.5) is 18.9 Å². The zero-order valence-corrected chi connectivity index (χ0v) is 10.6. The zero-order valence-electron chi connectivity index (χ0n) is 10.6. The molecular weight excluding hydrogens is 271 g/mol. The van der Waals surface area contributed by atoms with E-state index in [1.54, 1.807) is 18.2 Å². The van der Waals surface area contributed by atoms with Crippen molar-refractivity contribution in [2.24, 2.45) is 5.92 Å². The number of aromatic hydroxyl groups is 1. The van der Waals surface area contributed by atoms with Gasteiger partial charge >= 0.3 is 6.18 Å². The highest BCUT2D eigenvalue weighted by Gasteiger charge is 2.44. The van der Waals surface area contributed by atoms with Gasteiger partial charge < -0.3 is 10.4 Å². The second-order valence-corrected chi connectivity index (χ2v) is 4.68. The van der Waals surface area contributed by atoms with E-state index in [0.29, 0.717) is 18.5 Å². The number of alkyl halides is 3. The number of phenolic OH excluding ortho intramolecular Hbond substituents is 1. The standard InChI is InChI=1S/C14H14F3NO2/c15-14(16,17)13(20)11-3-1-2-4-12(11)18-9-5-7-10(19)8-6-9/h4-8,11,18-19H,1-3H2/t11-/m0/s1. The summed E-state index contributed by atoms with van der Waals surface area (Å²) in [6.45, 7) is 0.